The molecule has 2 N–H and O–H groups in total. The summed E-state index contributed by atoms with van der Waals surface area (Å²) in [6, 6.07) is 5.36. The van der Waals surface area contributed by atoms with E-state index in [1.165, 1.54) is 7.11 Å². The highest BCUT2D eigenvalue weighted by Gasteiger charge is 2.27. The Hall–Kier alpha value is -2.08. The van der Waals surface area contributed by atoms with Crippen molar-refractivity contribution < 1.29 is 13.9 Å². The number of carbonyl (C=O) groups is 1. The van der Waals surface area contributed by atoms with Crippen LogP contribution < -0.4 is 11.1 Å². The standard InChI is InChI=1S/C13H16N2O4/c1-13(2,11(16)18-3)14-7-8-4-5-10-9(6-8)15-12(17)19-10/h4-6,14H,7H2,1-3H3,(H,15,17). The Bertz CT molecular complexity index is 654. The largest absolute Gasteiger partial charge is 0.468 e. The van der Waals surface area contributed by atoms with Gasteiger partial charge < -0.3 is 9.15 Å². The molecular weight excluding hydrogens is 248 g/mol. The zero-order valence-corrected chi connectivity index (χ0v) is 11.1. The van der Waals surface area contributed by atoms with E-state index in [-0.39, 0.29) is 5.97 Å². The van der Waals surface area contributed by atoms with E-state index in [4.69, 9.17) is 9.15 Å². The van der Waals surface area contributed by atoms with E-state index in [2.05, 4.69) is 10.3 Å². The molecular formula is C13H16N2O4. The van der Waals surface area contributed by atoms with E-state index < -0.39 is 11.3 Å². The highest BCUT2D eigenvalue weighted by molar-refractivity contribution is 5.79. The summed E-state index contributed by atoms with van der Waals surface area (Å²) in [5, 5.41) is 3.10. The Balaban J connectivity index is 2.13. The molecule has 0 amide bonds. The third kappa shape index (κ3) is 2.85. The Labute approximate surface area is 109 Å². The van der Waals surface area contributed by atoms with Gasteiger partial charge in [0.2, 0.25) is 0 Å². The highest BCUT2D eigenvalue weighted by Crippen LogP contribution is 2.13. The number of hydrogen-bond donors (Lipinski definition) is 2. The van der Waals surface area contributed by atoms with Crippen molar-refractivity contribution in [1.82, 2.24) is 10.3 Å². The molecule has 2 rings (SSSR count). The van der Waals surface area contributed by atoms with Gasteiger partial charge in [-0.25, -0.2) is 4.79 Å². The lowest BCUT2D eigenvalue weighted by molar-refractivity contribution is -0.147. The van der Waals surface area contributed by atoms with Crippen molar-refractivity contribution in [3.8, 4) is 0 Å². The van der Waals surface area contributed by atoms with Crippen LogP contribution >= 0.6 is 0 Å². The van der Waals surface area contributed by atoms with Gasteiger partial charge in [0.15, 0.2) is 5.58 Å². The Kier molecular flexibility index (Phi) is 3.44. The molecule has 0 aliphatic carbocycles. The maximum atomic E-state index is 11.5. The SMILES string of the molecule is COC(=O)C(C)(C)NCc1ccc2oc(=O)[nH]c2c1. The van der Waals surface area contributed by atoms with Gasteiger partial charge in [0.05, 0.1) is 12.6 Å². The molecule has 0 saturated heterocycles. The molecule has 1 aromatic heterocycles. The van der Waals surface area contributed by atoms with Gasteiger partial charge in [-0.05, 0) is 31.5 Å². The number of H-pyrrole nitrogens is 1. The number of rotatable bonds is 4. The molecule has 6 nitrogen and oxygen atoms in total. The molecule has 19 heavy (non-hydrogen) atoms. The average molecular weight is 264 g/mol. The summed E-state index contributed by atoms with van der Waals surface area (Å²) in [7, 11) is 1.36. The first-order valence-corrected chi connectivity index (χ1v) is 5.87. The molecule has 0 radical (unpaired) electrons. The van der Waals surface area contributed by atoms with E-state index in [0.717, 1.165) is 5.56 Å². The predicted octanol–water partition coefficient (Wildman–Crippen LogP) is 1.16. The Morgan fingerprint density at radius 2 is 2.21 bits per heavy atom. The molecule has 102 valence electrons. The van der Waals surface area contributed by atoms with E-state index in [1.807, 2.05) is 6.07 Å². The van der Waals surface area contributed by atoms with Crippen molar-refractivity contribution in [2.24, 2.45) is 0 Å². The van der Waals surface area contributed by atoms with Crippen LogP contribution in [0.2, 0.25) is 0 Å². The van der Waals surface area contributed by atoms with Crippen LogP contribution in [0.15, 0.2) is 27.4 Å². The quantitative estimate of drug-likeness (QED) is 0.809. The molecule has 0 atom stereocenters. The second-order valence-corrected chi connectivity index (χ2v) is 4.82. The molecule has 0 aliphatic heterocycles. The fourth-order valence-electron chi connectivity index (χ4n) is 1.76. The summed E-state index contributed by atoms with van der Waals surface area (Å²) in [6.45, 7) is 3.97. The number of fused-ring (bicyclic) bond motifs is 1. The van der Waals surface area contributed by atoms with E-state index in [1.54, 1.807) is 26.0 Å². The molecule has 6 heteroatoms. The van der Waals surface area contributed by atoms with Crippen molar-refractivity contribution in [2.75, 3.05) is 7.11 Å². The molecule has 1 heterocycles. The van der Waals surface area contributed by atoms with Crippen molar-refractivity contribution in [2.45, 2.75) is 25.9 Å². The summed E-state index contributed by atoms with van der Waals surface area (Å²) in [4.78, 5) is 25.2. The monoisotopic (exact) mass is 264 g/mol. The number of methoxy groups -OCH3 is 1. The molecule has 0 aliphatic rings. The van der Waals surface area contributed by atoms with Crippen molar-refractivity contribution in [1.29, 1.82) is 0 Å². The number of hydrogen-bond acceptors (Lipinski definition) is 5. The molecule has 2 aromatic rings. The van der Waals surface area contributed by atoms with Crippen LogP contribution in [0.25, 0.3) is 11.1 Å². The molecule has 0 bridgehead atoms. The smallest absolute Gasteiger partial charge is 0.417 e. The van der Waals surface area contributed by atoms with E-state index >= 15 is 0 Å². The fourth-order valence-corrected chi connectivity index (χ4v) is 1.76. The summed E-state index contributed by atoms with van der Waals surface area (Å²) in [5.74, 6) is -0.805. The summed E-state index contributed by atoms with van der Waals surface area (Å²) < 4.78 is 9.63. The van der Waals surface area contributed by atoms with Crippen LogP contribution in [0.5, 0.6) is 0 Å². The zero-order chi connectivity index (χ0) is 14.0. The molecule has 0 spiro atoms. The topological polar surface area (TPSA) is 84.3 Å². The predicted molar refractivity (Wildman–Crippen MR) is 69.8 cm³/mol. The van der Waals surface area contributed by atoms with E-state index in [0.29, 0.717) is 17.6 Å². The number of aromatic nitrogens is 1. The van der Waals surface area contributed by atoms with Gasteiger partial charge in [-0.3, -0.25) is 15.1 Å². The zero-order valence-electron chi connectivity index (χ0n) is 11.1. The maximum absolute atomic E-state index is 11.5. The summed E-state index contributed by atoms with van der Waals surface area (Å²) in [5.41, 5.74) is 1.32. The first-order valence-electron chi connectivity index (χ1n) is 5.87. The molecule has 0 fully saturated rings. The number of nitrogens with one attached hydrogen (secondary N) is 2. The third-order valence-electron chi connectivity index (χ3n) is 2.91. The van der Waals surface area contributed by atoms with Crippen molar-refractivity contribution >= 4 is 17.1 Å². The molecule has 0 saturated carbocycles. The molecule has 1 aromatic carbocycles. The minimum Gasteiger partial charge on any atom is -0.468 e. The minimum atomic E-state index is -0.770. The number of esters is 1. The normalized spacial score (nSPS) is 11.7. The summed E-state index contributed by atoms with van der Waals surface area (Å²) in [6.07, 6.45) is 0. The van der Waals surface area contributed by atoms with Crippen LogP contribution in [0.4, 0.5) is 0 Å². The lowest BCUT2D eigenvalue weighted by Gasteiger charge is -2.23. The Morgan fingerprint density at radius 3 is 2.89 bits per heavy atom. The number of aromatic amines is 1. The second-order valence-electron chi connectivity index (χ2n) is 4.82. The number of carbonyl (C=O) groups excluding carboxylic acids is 1. The molecule has 0 unspecified atom stereocenters. The van der Waals surface area contributed by atoms with Gasteiger partial charge >= 0.3 is 11.7 Å². The van der Waals surface area contributed by atoms with Crippen LogP contribution in [0.3, 0.4) is 0 Å². The number of ether oxygens (including phenoxy) is 1. The van der Waals surface area contributed by atoms with Crippen molar-refractivity contribution in [3.05, 3.63) is 34.3 Å². The van der Waals surface area contributed by atoms with Gasteiger partial charge in [0, 0.05) is 6.54 Å². The maximum Gasteiger partial charge on any atom is 0.417 e. The van der Waals surface area contributed by atoms with E-state index in [9.17, 15) is 9.59 Å². The minimum absolute atomic E-state index is 0.328. The lowest BCUT2D eigenvalue weighted by Crippen LogP contribution is -2.46. The van der Waals surface area contributed by atoms with Crippen molar-refractivity contribution in [3.63, 3.8) is 0 Å². The first-order chi connectivity index (χ1) is 8.92. The summed E-state index contributed by atoms with van der Waals surface area (Å²) >= 11 is 0. The first kappa shape index (κ1) is 13.4. The van der Waals surface area contributed by atoms with Gasteiger partial charge in [-0.15, -0.1) is 0 Å². The lowest BCUT2D eigenvalue weighted by atomic mass is 10.1. The van der Waals surface area contributed by atoms with Crippen LogP contribution in [-0.4, -0.2) is 23.6 Å². The highest BCUT2D eigenvalue weighted by atomic mass is 16.5. The van der Waals surface area contributed by atoms with Gasteiger partial charge in [-0.1, -0.05) is 6.07 Å². The van der Waals surface area contributed by atoms with Crippen LogP contribution in [-0.2, 0) is 16.1 Å². The fraction of sp³-hybridized carbons (Fsp3) is 0.385. The van der Waals surface area contributed by atoms with Gasteiger partial charge in [0.1, 0.15) is 5.54 Å². The number of benzene rings is 1. The Morgan fingerprint density at radius 1 is 1.47 bits per heavy atom. The second kappa shape index (κ2) is 4.89. The van der Waals surface area contributed by atoms with Gasteiger partial charge in [0.25, 0.3) is 0 Å². The van der Waals surface area contributed by atoms with Gasteiger partial charge in [-0.2, -0.15) is 0 Å². The third-order valence-corrected chi connectivity index (χ3v) is 2.91. The average Bonchev–Trinajstić information content (AvgIpc) is 2.74. The van der Waals surface area contributed by atoms with Crippen LogP contribution in [0, 0.1) is 0 Å². The van der Waals surface area contributed by atoms with Crippen LogP contribution in [0.1, 0.15) is 19.4 Å². The number of oxazole rings is 1.